The topological polar surface area (TPSA) is 127 Å². The number of primary amides is 1. The number of anilines is 1. The van der Waals surface area contributed by atoms with Crippen molar-refractivity contribution in [2.75, 3.05) is 5.32 Å². The zero-order valence-electron chi connectivity index (χ0n) is 15.9. The van der Waals surface area contributed by atoms with E-state index >= 15 is 0 Å². The summed E-state index contributed by atoms with van der Waals surface area (Å²) in [7, 11) is 0. The Labute approximate surface area is 160 Å². The molecular formula is C18H22N4O4S. The van der Waals surface area contributed by atoms with E-state index in [1.165, 1.54) is 24.3 Å². The molecule has 0 aliphatic carbocycles. The van der Waals surface area contributed by atoms with Gasteiger partial charge in [-0.15, -0.1) is 11.3 Å². The Morgan fingerprint density at radius 2 is 1.96 bits per heavy atom. The fraction of sp³-hybridized carbons (Fsp3) is 0.444. The van der Waals surface area contributed by atoms with Crippen LogP contribution in [-0.2, 0) is 16.8 Å². The number of amides is 2. The number of hydrogen-bond donors (Lipinski definition) is 3. The van der Waals surface area contributed by atoms with Gasteiger partial charge in [-0.05, 0) is 39.3 Å². The van der Waals surface area contributed by atoms with E-state index in [1.807, 2.05) is 27.7 Å². The number of ether oxygens (including phenoxy) is 1. The van der Waals surface area contributed by atoms with Crippen molar-refractivity contribution in [1.29, 1.82) is 0 Å². The normalized spacial score (nSPS) is 17.2. The summed E-state index contributed by atoms with van der Waals surface area (Å²) in [6, 6.07) is 1.37. The average molecular weight is 390 g/mol. The van der Waals surface area contributed by atoms with Crippen molar-refractivity contribution >= 4 is 33.9 Å². The molecule has 0 spiro atoms. The van der Waals surface area contributed by atoms with Crippen molar-refractivity contribution in [3.8, 4) is 0 Å². The van der Waals surface area contributed by atoms with Crippen LogP contribution in [0.5, 0.6) is 0 Å². The van der Waals surface area contributed by atoms with Crippen molar-refractivity contribution in [1.82, 2.24) is 10.2 Å². The first kappa shape index (κ1) is 19.2. The number of rotatable bonds is 4. The van der Waals surface area contributed by atoms with E-state index in [2.05, 4.69) is 15.5 Å². The summed E-state index contributed by atoms with van der Waals surface area (Å²) in [5.74, 6) is -1.37. The van der Waals surface area contributed by atoms with Crippen LogP contribution >= 0.6 is 11.3 Å². The smallest absolute Gasteiger partial charge is 0.276 e. The molecule has 0 saturated carbocycles. The Hall–Kier alpha value is -2.52. The van der Waals surface area contributed by atoms with Crippen LogP contribution in [0.3, 0.4) is 0 Å². The lowest BCUT2D eigenvalue weighted by molar-refractivity contribution is -0.135. The lowest BCUT2D eigenvalue weighted by Crippen LogP contribution is -2.42. The standard InChI is InChI=1S/C18H22N4O4S/c1-8(23)10-6-11(22-21-10)15(25)20-16-12(14(19)24)9-7-17(2,3)26-18(4,5)13(9)27-16/h6H,7H2,1-5H3,(H2,19,24)(H,20,25)(H,21,22). The molecule has 1 aliphatic heterocycles. The quantitative estimate of drug-likeness (QED) is 0.692. The molecular weight excluding hydrogens is 368 g/mol. The van der Waals surface area contributed by atoms with E-state index in [0.717, 1.165) is 10.4 Å². The molecule has 2 aromatic heterocycles. The minimum absolute atomic E-state index is 0.0535. The second-order valence-electron chi connectivity index (χ2n) is 7.70. The zero-order valence-corrected chi connectivity index (χ0v) is 16.7. The van der Waals surface area contributed by atoms with E-state index in [9.17, 15) is 14.4 Å². The lowest BCUT2D eigenvalue weighted by atomic mass is 9.86. The molecule has 0 atom stereocenters. The number of ketones is 1. The maximum absolute atomic E-state index is 12.5. The van der Waals surface area contributed by atoms with Crippen LogP contribution in [0.15, 0.2) is 6.07 Å². The number of Topliss-reactive ketones (excluding diaryl/α,β-unsaturated/α-hetero) is 1. The van der Waals surface area contributed by atoms with Gasteiger partial charge in [-0.2, -0.15) is 5.10 Å². The Morgan fingerprint density at radius 1 is 1.30 bits per heavy atom. The zero-order chi connectivity index (χ0) is 20.1. The number of nitrogens with two attached hydrogens (primary N) is 1. The third-order valence-electron chi connectivity index (χ3n) is 4.35. The molecule has 0 bridgehead atoms. The average Bonchev–Trinajstić information content (AvgIpc) is 3.10. The number of nitrogens with one attached hydrogen (secondary N) is 2. The summed E-state index contributed by atoms with van der Waals surface area (Å²) >= 11 is 1.27. The molecule has 27 heavy (non-hydrogen) atoms. The van der Waals surface area contributed by atoms with Crippen LogP contribution in [0.2, 0.25) is 0 Å². The van der Waals surface area contributed by atoms with Crippen LogP contribution in [0.25, 0.3) is 0 Å². The number of hydrogen-bond acceptors (Lipinski definition) is 6. The number of thiophene rings is 1. The molecule has 2 amide bonds. The van der Waals surface area contributed by atoms with E-state index in [1.54, 1.807) is 0 Å². The van der Waals surface area contributed by atoms with Gasteiger partial charge in [0.25, 0.3) is 11.8 Å². The van der Waals surface area contributed by atoms with Gasteiger partial charge >= 0.3 is 0 Å². The Bertz CT molecular complexity index is 955. The number of carbonyl (C=O) groups excluding carboxylic acids is 3. The van der Waals surface area contributed by atoms with Crippen LogP contribution in [-0.4, -0.2) is 33.4 Å². The molecule has 8 nitrogen and oxygen atoms in total. The molecule has 144 valence electrons. The van der Waals surface area contributed by atoms with E-state index < -0.39 is 23.0 Å². The number of nitrogens with zero attached hydrogens (tertiary/aromatic N) is 1. The van der Waals surface area contributed by atoms with Crippen molar-refractivity contribution in [3.63, 3.8) is 0 Å². The van der Waals surface area contributed by atoms with Crippen molar-refractivity contribution in [2.24, 2.45) is 5.73 Å². The summed E-state index contributed by atoms with van der Waals surface area (Å²) in [6.07, 6.45) is 0.507. The van der Waals surface area contributed by atoms with Gasteiger partial charge in [-0.1, -0.05) is 0 Å². The van der Waals surface area contributed by atoms with Gasteiger partial charge in [0.15, 0.2) is 11.5 Å². The summed E-state index contributed by atoms with van der Waals surface area (Å²) in [6.45, 7) is 9.12. The molecule has 0 unspecified atom stereocenters. The summed E-state index contributed by atoms with van der Waals surface area (Å²) in [5.41, 5.74) is 5.92. The predicted octanol–water partition coefficient (Wildman–Crippen LogP) is 2.61. The number of aromatic amines is 1. The van der Waals surface area contributed by atoms with Gasteiger partial charge < -0.3 is 15.8 Å². The van der Waals surface area contributed by atoms with Gasteiger partial charge in [-0.3, -0.25) is 19.5 Å². The molecule has 4 N–H and O–H groups in total. The molecule has 0 aromatic carbocycles. The first-order chi connectivity index (χ1) is 12.4. The summed E-state index contributed by atoms with van der Waals surface area (Å²) < 4.78 is 6.15. The molecule has 9 heteroatoms. The van der Waals surface area contributed by atoms with Crippen LogP contribution in [0.4, 0.5) is 5.00 Å². The van der Waals surface area contributed by atoms with Crippen molar-refractivity contribution in [3.05, 3.63) is 33.5 Å². The number of H-pyrrole nitrogens is 1. The summed E-state index contributed by atoms with van der Waals surface area (Å²) in [5, 5.41) is 9.43. The first-order valence-electron chi connectivity index (χ1n) is 8.45. The second kappa shape index (κ2) is 6.28. The third-order valence-corrected chi connectivity index (χ3v) is 5.80. The van der Waals surface area contributed by atoms with Gasteiger partial charge in [0, 0.05) is 18.2 Å². The first-order valence-corrected chi connectivity index (χ1v) is 9.27. The SMILES string of the molecule is CC(=O)c1cc(C(=O)Nc2sc3c(c2C(N)=O)CC(C)(C)OC3(C)C)n[nH]1. The molecule has 3 rings (SSSR count). The second-order valence-corrected chi connectivity index (χ2v) is 8.72. The van der Waals surface area contributed by atoms with Crippen LogP contribution in [0, 0.1) is 0 Å². The van der Waals surface area contributed by atoms with Crippen molar-refractivity contribution < 1.29 is 19.1 Å². The summed E-state index contributed by atoms with van der Waals surface area (Å²) in [4.78, 5) is 36.9. The van der Waals surface area contributed by atoms with Crippen molar-refractivity contribution in [2.45, 2.75) is 52.2 Å². The maximum Gasteiger partial charge on any atom is 0.276 e. The minimum atomic E-state index is -0.622. The fourth-order valence-corrected chi connectivity index (χ4v) is 4.71. The highest BCUT2D eigenvalue weighted by atomic mass is 32.1. The highest BCUT2D eigenvalue weighted by molar-refractivity contribution is 7.17. The van der Waals surface area contributed by atoms with Gasteiger partial charge in [0.05, 0.1) is 16.8 Å². The minimum Gasteiger partial charge on any atom is -0.365 e. The number of fused-ring (bicyclic) bond motifs is 1. The largest absolute Gasteiger partial charge is 0.365 e. The maximum atomic E-state index is 12.5. The van der Waals surface area contributed by atoms with Gasteiger partial charge in [-0.25, -0.2) is 0 Å². The van der Waals surface area contributed by atoms with Crippen LogP contribution in [0.1, 0.15) is 76.4 Å². The third kappa shape index (κ3) is 3.52. The Kier molecular flexibility index (Phi) is 4.47. The molecule has 0 saturated heterocycles. The molecule has 0 fully saturated rings. The van der Waals surface area contributed by atoms with E-state index in [4.69, 9.17) is 10.5 Å². The monoisotopic (exact) mass is 390 g/mol. The lowest BCUT2D eigenvalue weighted by Gasteiger charge is -2.41. The van der Waals surface area contributed by atoms with Gasteiger partial charge in [0.1, 0.15) is 10.7 Å². The molecule has 0 radical (unpaired) electrons. The van der Waals surface area contributed by atoms with E-state index in [-0.39, 0.29) is 17.2 Å². The molecule has 2 aromatic rings. The highest BCUT2D eigenvalue weighted by Gasteiger charge is 2.43. The Morgan fingerprint density at radius 3 is 2.52 bits per heavy atom. The fourth-order valence-electron chi connectivity index (χ4n) is 3.45. The molecule has 3 heterocycles. The van der Waals surface area contributed by atoms with E-state index in [0.29, 0.717) is 17.0 Å². The predicted molar refractivity (Wildman–Crippen MR) is 101 cm³/mol. The number of carbonyl (C=O) groups is 3. The Balaban J connectivity index is 2.01. The van der Waals surface area contributed by atoms with Crippen LogP contribution < -0.4 is 11.1 Å². The number of aromatic nitrogens is 2. The van der Waals surface area contributed by atoms with Gasteiger partial charge in [0.2, 0.25) is 0 Å². The highest BCUT2D eigenvalue weighted by Crippen LogP contribution is 2.48. The molecule has 1 aliphatic rings.